The van der Waals surface area contributed by atoms with Crippen LogP contribution < -0.4 is 24.7 Å². The third-order valence-electron chi connectivity index (χ3n) is 1.38. The highest BCUT2D eigenvalue weighted by Gasteiger charge is 1.99. The van der Waals surface area contributed by atoms with E-state index in [0.717, 1.165) is 0 Å². The zero-order valence-electron chi connectivity index (χ0n) is 8.60. The van der Waals surface area contributed by atoms with E-state index in [1.165, 1.54) is 24.3 Å². The second kappa shape index (κ2) is 7.38. The first-order valence-electron chi connectivity index (χ1n) is 3.22. The van der Waals surface area contributed by atoms with E-state index in [1.807, 2.05) is 0 Å². The SMILES string of the molecule is C=Cc1cccc(S(=O)(=O)[O-])c1.[Cl-].[NH4+].[NH4+]. The summed E-state index contributed by atoms with van der Waals surface area (Å²) in [6.07, 6.45) is 1.48. The van der Waals surface area contributed by atoms with E-state index in [0.29, 0.717) is 5.56 Å². The van der Waals surface area contributed by atoms with Gasteiger partial charge in [-0.2, -0.15) is 0 Å². The Hall–Kier alpha value is -0.920. The Balaban J connectivity index is -0.000000480. The van der Waals surface area contributed by atoms with Crippen LogP contribution >= 0.6 is 0 Å². The lowest BCUT2D eigenvalue weighted by Gasteiger charge is -2.06. The predicted molar refractivity (Wildman–Crippen MR) is 56.5 cm³/mol. The van der Waals surface area contributed by atoms with Gasteiger partial charge in [-0.05, 0) is 17.7 Å². The maximum absolute atomic E-state index is 10.5. The molecule has 0 unspecified atom stereocenters. The lowest BCUT2D eigenvalue weighted by Crippen LogP contribution is -3.00. The zero-order chi connectivity index (χ0) is 9.19. The van der Waals surface area contributed by atoms with Crippen LogP contribution in [0.2, 0.25) is 0 Å². The summed E-state index contributed by atoms with van der Waals surface area (Å²) in [6, 6.07) is 5.72. The summed E-state index contributed by atoms with van der Waals surface area (Å²) >= 11 is 0. The van der Waals surface area contributed by atoms with E-state index in [-0.39, 0.29) is 29.6 Å². The topological polar surface area (TPSA) is 130 Å². The number of hydrogen-bond donors (Lipinski definition) is 2. The molecule has 1 aromatic rings. The molecule has 7 heteroatoms. The van der Waals surface area contributed by atoms with Gasteiger partial charge in [0.1, 0.15) is 10.1 Å². The summed E-state index contributed by atoms with van der Waals surface area (Å²) in [5.74, 6) is 0. The third kappa shape index (κ3) is 5.50. The van der Waals surface area contributed by atoms with Gasteiger partial charge in [-0.1, -0.05) is 24.8 Å². The number of halogens is 1. The fourth-order valence-corrected chi connectivity index (χ4v) is 1.32. The van der Waals surface area contributed by atoms with E-state index < -0.39 is 10.1 Å². The molecule has 0 aromatic heterocycles. The second-order valence-electron chi connectivity index (χ2n) is 2.23. The Morgan fingerprint density at radius 1 is 1.27 bits per heavy atom. The van der Waals surface area contributed by atoms with Gasteiger partial charge in [0.2, 0.25) is 0 Å². The van der Waals surface area contributed by atoms with Crippen molar-refractivity contribution in [1.82, 2.24) is 12.3 Å². The molecule has 0 saturated heterocycles. The van der Waals surface area contributed by atoms with Crippen molar-refractivity contribution in [1.29, 1.82) is 0 Å². The van der Waals surface area contributed by atoms with Crippen molar-refractivity contribution in [3.8, 4) is 0 Å². The molecule has 1 rings (SSSR count). The first kappa shape index (κ1) is 19.6. The fraction of sp³-hybridized carbons (Fsp3) is 0. The van der Waals surface area contributed by atoms with Gasteiger partial charge in [0, 0.05) is 0 Å². The molecule has 0 aliphatic rings. The molecule has 0 amide bonds. The lowest BCUT2D eigenvalue weighted by atomic mass is 10.2. The highest BCUT2D eigenvalue weighted by Crippen LogP contribution is 2.11. The summed E-state index contributed by atoms with van der Waals surface area (Å²) in [6.45, 7) is 3.46. The minimum absolute atomic E-state index is 0. The molecule has 0 bridgehead atoms. The quantitative estimate of drug-likeness (QED) is 0.656. The van der Waals surface area contributed by atoms with Crippen LogP contribution in [0, 0.1) is 0 Å². The summed E-state index contributed by atoms with van der Waals surface area (Å²) in [4.78, 5) is -0.222. The van der Waals surface area contributed by atoms with Gasteiger partial charge in [-0.15, -0.1) is 0 Å². The first-order valence-corrected chi connectivity index (χ1v) is 4.63. The maximum atomic E-state index is 10.5. The maximum Gasteiger partial charge on any atom is 0.124 e. The lowest BCUT2D eigenvalue weighted by molar-refractivity contribution is -0.00000764. The Morgan fingerprint density at radius 2 is 1.80 bits per heavy atom. The van der Waals surface area contributed by atoms with Crippen molar-refractivity contribution >= 4 is 16.2 Å². The monoisotopic (exact) mass is 254 g/mol. The van der Waals surface area contributed by atoms with Gasteiger partial charge in [0.15, 0.2) is 0 Å². The molecule has 0 radical (unpaired) electrons. The van der Waals surface area contributed by atoms with Gasteiger partial charge in [0.25, 0.3) is 0 Å². The normalized spacial score (nSPS) is 8.87. The van der Waals surface area contributed by atoms with Crippen molar-refractivity contribution in [3.63, 3.8) is 0 Å². The first-order chi connectivity index (χ1) is 5.54. The predicted octanol–water partition coefficient (Wildman–Crippen LogP) is -1.01. The summed E-state index contributed by atoms with van der Waals surface area (Å²) < 4.78 is 31.5. The summed E-state index contributed by atoms with van der Waals surface area (Å²) in [5, 5.41) is 0. The van der Waals surface area contributed by atoms with Crippen LogP contribution in [-0.2, 0) is 10.1 Å². The second-order valence-corrected chi connectivity index (χ2v) is 3.61. The number of quaternary nitrogens is 2. The van der Waals surface area contributed by atoms with Crippen LogP contribution in [0.4, 0.5) is 0 Å². The molecule has 0 aliphatic heterocycles. The molecule has 0 fully saturated rings. The van der Waals surface area contributed by atoms with E-state index in [1.54, 1.807) is 6.07 Å². The van der Waals surface area contributed by atoms with Crippen LogP contribution in [0.15, 0.2) is 35.7 Å². The van der Waals surface area contributed by atoms with Crippen LogP contribution in [-0.4, -0.2) is 13.0 Å². The average Bonchev–Trinajstić information content (AvgIpc) is 2.03. The van der Waals surface area contributed by atoms with E-state index in [2.05, 4.69) is 6.58 Å². The van der Waals surface area contributed by atoms with Crippen molar-refractivity contribution in [2.45, 2.75) is 4.90 Å². The van der Waals surface area contributed by atoms with Crippen LogP contribution in [0.3, 0.4) is 0 Å². The highest BCUT2D eigenvalue weighted by molar-refractivity contribution is 7.85. The van der Waals surface area contributed by atoms with Gasteiger partial charge in [0.05, 0.1) is 4.90 Å². The van der Waals surface area contributed by atoms with Crippen LogP contribution in [0.5, 0.6) is 0 Å². The van der Waals surface area contributed by atoms with Crippen LogP contribution in [0.25, 0.3) is 6.08 Å². The molecule has 0 saturated carbocycles. The van der Waals surface area contributed by atoms with E-state index >= 15 is 0 Å². The van der Waals surface area contributed by atoms with Crippen molar-refractivity contribution in [2.24, 2.45) is 0 Å². The van der Waals surface area contributed by atoms with Crippen molar-refractivity contribution in [3.05, 3.63) is 36.4 Å². The Labute approximate surface area is 95.5 Å². The van der Waals surface area contributed by atoms with Gasteiger partial charge in [-0.25, -0.2) is 8.42 Å². The van der Waals surface area contributed by atoms with Gasteiger partial charge in [-0.3, -0.25) is 0 Å². The standard InChI is InChI=1S/C8H8O3S.ClH.2H3N/c1-2-7-4-3-5-8(6-7)12(9,10)11;;;/h2-6H,1H2,(H,9,10,11);1H;2*1H3. The van der Waals surface area contributed by atoms with E-state index in [4.69, 9.17) is 0 Å². The Bertz CT molecular complexity index is 406. The molecule has 88 valence electrons. The summed E-state index contributed by atoms with van der Waals surface area (Å²) in [7, 11) is -4.33. The molecule has 15 heavy (non-hydrogen) atoms. The molecular formula is C8H15ClN2O3S. The highest BCUT2D eigenvalue weighted by atomic mass is 35.5. The fourth-order valence-electron chi connectivity index (χ4n) is 0.797. The zero-order valence-corrected chi connectivity index (χ0v) is 10.2. The molecule has 0 heterocycles. The number of benzene rings is 1. The van der Waals surface area contributed by atoms with Crippen molar-refractivity contribution < 1.29 is 25.4 Å². The smallest absolute Gasteiger partial charge is 0.124 e. The molecule has 8 N–H and O–H groups in total. The number of hydrogen-bond acceptors (Lipinski definition) is 3. The summed E-state index contributed by atoms with van der Waals surface area (Å²) in [5.41, 5.74) is 0.618. The Morgan fingerprint density at radius 3 is 2.20 bits per heavy atom. The largest absolute Gasteiger partial charge is 1.00 e. The molecule has 0 atom stereocenters. The van der Waals surface area contributed by atoms with Crippen molar-refractivity contribution in [2.75, 3.05) is 0 Å². The third-order valence-corrected chi connectivity index (χ3v) is 2.21. The Kier molecular flexibility index (Phi) is 9.66. The molecule has 5 nitrogen and oxygen atoms in total. The van der Waals surface area contributed by atoms with Crippen LogP contribution in [0.1, 0.15) is 5.56 Å². The molecule has 1 aromatic carbocycles. The minimum Gasteiger partial charge on any atom is -1.00 e. The van der Waals surface area contributed by atoms with Gasteiger partial charge >= 0.3 is 0 Å². The molecule has 0 spiro atoms. The van der Waals surface area contributed by atoms with Gasteiger partial charge < -0.3 is 29.3 Å². The minimum atomic E-state index is -4.33. The number of rotatable bonds is 2. The molecular weight excluding hydrogens is 240 g/mol. The molecule has 0 aliphatic carbocycles. The van der Waals surface area contributed by atoms with E-state index in [9.17, 15) is 13.0 Å². The average molecular weight is 255 g/mol.